The quantitative estimate of drug-likeness (QED) is 0.514. The Hall–Kier alpha value is -3.20. The van der Waals surface area contributed by atoms with Crippen LogP contribution >= 0.6 is 11.3 Å². The first-order valence-corrected chi connectivity index (χ1v) is 9.76. The fraction of sp³-hybridized carbons (Fsp3) is 0.238. The molecule has 2 aromatic carbocycles. The van der Waals surface area contributed by atoms with Crippen LogP contribution < -0.4 is 14.2 Å². The summed E-state index contributed by atoms with van der Waals surface area (Å²) >= 11 is 1.37. The number of methoxy groups -OCH3 is 2. The molecule has 6 nitrogen and oxygen atoms in total. The predicted molar refractivity (Wildman–Crippen MR) is 110 cm³/mol. The number of rotatable bonds is 8. The highest BCUT2D eigenvalue weighted by molar-refractivity contribution is 7.13. The molecule has 158 valence electrons. The Bertz CT molecular complexity index is 1010. The molecule has 9 heteroatoms. The Kier molecular flexibility index (Phi) is 6.83. The van der Waals surface area contributed by atoms with Crippen LogP contribution in [0.15, 0.2) is 47.8 Å². The average Bonchev–Trinajstić information content (AvgIpc) is 3.24. The minimum absolute atomic E-state index is 0.0612. The van der Waals surface area contributed by atoms with Gasteiger partial charge in [-0.1, -0.05) is 6.07 Å². The van der Waals surface area contributed by atoms with Gasteiger partial charge in [-0.15, -0.1) is 11.3 Å². The number of hydrogen-bond donors (Lipinski definition) is 0. The van der Waals surface area contributed by atoms with E-state index in [1.54, 1.807) is 31.7 Å². The largest absolute Gasteiger partial charge is 0.497 e. The molecule has 3 rings (SSSR count). The molecule has 1 heterocycles. The number of carbonyl (C=O) groups is 1. The third-order valence-corrected chi connectivity index (χ3v) is 5.16. The van der Waals surface area contributed by atoms with E-state index < -0.39 is 6.61 Å². The summed E-state index contributed by atoms with van der Waals surface area (Å²) in [5.74, 6) is 0.600. The molecule has 0 bridgehead atoms. The lowest BCUT2D eigenvalue weighted by atomic mass is 10.2. The minimum atomic E-state index is -2.95. The van der Waals surface area contributed by atoms with Crippen molar-refractivity contribution in [2.75, 3.05) is 21.3 Å². The Morgan fingerprint density at radius 3 is 2.47 bits per heavy atom. The zero-order valence-corrected chi connectivity index (χ0v) is 17.4. The molecule has 1 amide bonds. The zero-order valence-electron chi connectivity index (χ0n) is 16.6. The number of hydrogen-bond acceptors (Lipinski definition) is 6. The first kappa shape index (κ1) is 21.5. The van der Waals surface area contributed by atoms with E-state index in [0.717, 1.165) is 16.3 Å². The van der Waals surface area contributed by atoms with Gasteiger partial charge in [0, 0.05) is 24.5 Å². The maximum absolute atomic E-state index is 12.8. The van der Waals surface area contributed by atoms with Crippen LogP contribution in [0.2, 0.25) is 0 Å². The molecule has 0 radical (unpaired) electrons. The van der Waals surface area contributed by atoms with Crippen LogP contribution in [-0.4, -0.2) is 43.7 Å². The van der Waals surface area contributed by atoms with E-state index in [0.29, 0.717) is 11.3 Å². The predicted octanol–water partition coefficient (Wildman–Crippen LogP) is 4.70. The lowest BCUT2D eigenvalue weighted by Gasteiger charge is -2.17. The highest BCUT2D eigenvalue weighted by atomic mass is 32.1. The molecule has 0 aliphatic rings. The van der Waals surface area contributed by atoms with E-state index >= 15 is 0 Å². The second-order valence-corrected chi connectivity index (χ2v) is 7.15. The standard InChI is InChI=1S/C21H20F2N2O4S/c1-25(11-13-4-9-17(29-21(22)23)18(10-13)28-3)20(26)16-12-30-19(24-16)14-5-7-15(27-2)8-6-14/h4-10,12,21H,11H2,1-3H3. The van der Waals surface area contributed by atoms with Crippen LogP contribution in [0, 0.1) is 0 Å². The van der Waals surface area contributed by atoms with E-state index in [9.17, 15) is 13.6 Å². The number of benzene rings is 2. The number of alkyl halides is 2. The monoisotopic (exact) mass is 434 g/mol. The van der Waals surface area contributed by atoms with Gasteiger partial charge in [0.05, 0.1) is 14.2 Å². The van der Waals surface area contributed by atoms with Gasteiger partial charge in [0.2, 0.25) is 0 Å². The highest BCUT2D eigenvalue weighted by Gasteiger charge is 2.18. The van der Waals surface area contributed by atoms with E-state index in [4.69, 9.17) is 9.47 Å². The summed E-state index contributed by atoms with van der Waals surface area (Å²) in [6.07, 6.45) is 0. The van der Waals surface area contributed by atoms with Crippen LogP contribution in [0.1, 0.15) is 16.1 Å². The first-order chi connectivity index (χ1) is 14.4. The molecule has 0 spiro atoms. The normalized spacial score (nSPS) is 10.7. The van der Waals surface area contributed by atoms with Crippen molar-refractivity contribution < 1.29 is 27.8 Å². The molecule has 0 atom stereocenters. The smallest absolute Gasteiger partial charge is 0.387 e. The molecule has 1 aromatic heterocycles. The molecule has 0 unspecified atom stereocenters. The molecule has 0 saturated carbocycles. The zero-order chi connectivity index (χ0) is 21.7. The third-order valence-electron chi connectivity index (χ3n) is 4.27. The van der Waals surface area contributed by atoms with Gasteiger partial charge in [0.25, 0.3) is 5.91 Å². The molecule has 0 saturated heterocycles. The number of nitrogens with zero attached hydrogens (tertiary/aromatic N) is 2. The summed E-state index contributed by atoms with van der Waals surface area (Å²) in [5.41, 5.74) is 1.93. The van der Waals surface area contributed by atoms with Crippen LogP contribution in [-0.2, 0) is 6.54 Å². The van der Waals surface area contributed by atoms with Crippen molar-refractivity contribution >= 4 is 17.2 Å². The summed E-state index contributed by atoms with van der Waals surface area (Å²) in [4.78, 5) is 18.7. The molecule has 0 N–H and O–H groups in total. The van der Waals surface area contributed by atoms with Crippen molar-refractivity contribution in [3.63, 3.8) is 0 Å². The second-order valence-electron chi connectivity index (χ2n) is 6.29. The van der Waals surface area contributed by atoms with Crippen LogP contribution in [0.4, 0.5) is 8.78 Å². The summed E-state index contributed by atoms with van der Waals surface area (Å²) in [6.45, 7) is -2.70. The lowest BCUT2D eigenvalue weighted by molar-refractivity contribution is -0.0512. The highest BCUT2D eigenvalue weighted by Crippen LogP contribution is 2.30. The SMILES string of the molecule is COc1ccc(-c2nc(C(=O)N(C)Cc3ccc(OC(F)F)c(OC)c3)cs2)cc1. The van der Waals surface area contributed by atoms with Gasteiger partial charge >= 0.3 is 6.61 Å². The van der Waals surface area contributed by atoms with Crippen molar-refractivity contribution in [1.82, 2.24) is 9.88 Å². The number of aromatic nitrogens is 1. The number of thiazole rings is 1. The van der Waals surface area contributed by atoms with Crippen molar-refractivity contribution in [3.8, 4) is 27.8 Å². The van der Waals surface area contributed by atoms with Gasteiger partial charge in [-0.2, -0.15) is 8.78 Å². The number of amides is 1. The van der Waals surface area contributed by atoms with Crippen molar-refractivity contribution in [2.45, 2.75) is 13.2 Å². The molecule has 30 heavy (non-hydrogen) atoms. The van der Waals surface area contributed by atoms with Crippen LogP contribution in [0.3, 0.4) is 0 Å². The van der Waals surface area contributed by atoms with E-state index in [1.165, 1.54) is 29.4 Å². The van der Waals surface area contributed by atoms with E-state index in [1.807, 2.05) is 24.3 Å². The minimum Gasteiger partial charge on any atom is -0.497 e. The van der Waals surface area contributed by atoms with Crippen molar-refractivity contribution in [2.24, 2.45) is 0 Å². The maximum atomic E-state index is 12.8. The van der Waals surface area contributed by atoms with Crippen molar-refractivity contribution in [1.29, 1.82) is 0 Å². The van der Waals surface area contributed by atoms with Crippen LogP contribution in [0.5, 0.6) is 17.2 Å². The van der Waals surface area contributed by atoms with E-state index in [2.05, 4.69) is 9.72 Å². The molecule has 0 aliphatic carbocycles. The van der Waals surface area contributed by atoms with Gasteiger partial charge in [-0.3, -0.25) is 4.79 Å². The maximum Gasteiger partial charge on any atom is 0.387 e. The lowest BCUT2D eigenvalue weighted by Crippen LogP contribution is -2.26. The number of ether oxygens (including phenoxy) is 3. The fourth-order valence-electron chi connectivity index (χ4n) is 2.78. The first-order valence-electron chi connectivity index (χ1n) is 8.88. The summed E-state index contributed by atoms with van der Waals surface area (Å²) in [7, 11) is 4.60. The second kappa shape index (κ2) is 9.53. The van der Waals surface area contributed by atoms with Gasteiger partial charge in [0.1, 0.15) is 16.5 Å². The summed E-state index contributed by atoms with van der Waals surface area (Å²) in [6, 6.07) is 12.0. The molecule has 3 aromatic rings. The Balaban J connectivity index is 1.71. The average molecular weight is 434 g/mol. The number of halogens is 2. The third kappa shape index (κ3) is 5.04. The van der Waals surface area contributed by atoms with Gasteiger partial charge in [-0.05, 0) is 42.0 Å². The van der Waals surface area contributed by atoms with Crippen molar-refractivity contribution in [3.05, 3.63) is 59.1 Å². The number of carbonyl (C=O) groups excluding carboxylic acids is 1. The summed E-state index contributed by atoms with van der Waals surface area (Å²) < 4.78 is 39.6. The molecular weight excluding hydrogens is 414 g/mol. The van der Waals surface area contributed by atoms with Crippen LogP contribution in [0.25, 0.3) is 10.6 Å². The Morgan fingerprint density at radius 2 is 1.83 bits per heavy atom. The molecule has 0 aliphatic heterocycles. The Labute approximate surface area is 176 Å². The van der Waals surface area contributed by atoms with Gasteiger partial charge in [-0.25, -0.2) is 4.98 Å². The molecule has 0 fully saturated rings. The Morgan fingerprint density at radius 1 is 1.10 bits per heavy atom. The van der Waals surface area contributed by atoms with Gasteiger partial charge < -0.3 is 19.1 Å². The van der Waals surface area contributed by atoms with Gasteiger partial charge in [0.15, 0.2) is 11.5 Å². The summed E-state index contributed by atoms with van der Waals surface area (Å²) in [5, 5.41) is 2.43. The fourth-order valence-corrected chi connectivity index (χ4v) is 3.58. The topological polar surface area (TPSA) is 60.9 Å². The van der Waals surface area contributed by atoms with E-state index in [-0.39, 0.29) is 24.0 Å². The molecular formula is C21H20F2N2O4S.